The number of allylic oxidation sites excluding steroid dienone is 4. The SMILES string of the molecule is O=C(Nc1ccc(Cl)cc1)C1[C@H]2CC/C=C\CC/C=C\CC[C@H]12. The molecule has 1 amide bonds. The Balaban J connectivity index is 1.60. The van der Waals surface area contributed by atoms with E-state index in [1.165, 1.54) is 0 Å². The maximum absolute atomic E-state index is 12.6. The summed E-state index contributed by atoms with van der Waals surface area (Å²) < 4.78 is 0. The summed E-state index contributed by atoms with van der Waals surface area (Å²) >= 11 is 5.89. The molecule has 2 aliphatic carbocycles. The van der Waals surface area contributed by atoms with Gasteiger partial charge in [-0.3, -0.25) is 4.79 Å². The minimum Gasteiger partial charge on any atom is -0.326 e. The second-order valence-electron chi connectivity index (χ2n) is 6.52. The maximum Gasteiger partial charge on any atom is 0.228 e. The van der Waals surface area contributed by atoms with E-state index >= 15 is 0 Å². The largest absolute Gasteiger partial charge is 0.326 e. The molecule has 23 heavy (non-hydrogen) atoms. The number of carbonyl (C=O) groups is 1. The number of fused-ring (bicyclic) bond motifs is 1. The van der Waals surface area contributed by atoms with Crippen molar-refractivity contribution in [2.24, 2.45) is 17.8 Å². The molecular formula is C20H24ClNO. The van der Waals surface area contributed by atoms with E-state index in [2.05, 4.69) is 29.6 Å². The lowest BCUT2D eigenvalue weighted by Crippen LogP contribution is -2.15. The van der Waals surface area contributed by atoms with Crippen molar-refractivity contribution in [3.05, 3.63) is 53.6 Å². The first-order chi connectivity index (χ1) is 11.3. The van der Waals surface area contributed by atoms with E-state index in [-0.39, 0.29) is 11.8 Å². The second kappa shape index (κ2) is 7.83. The van der Waals surface area contributed by atoms with Crippen LogP contribution in [0.1, 0.15) is 38.5 Å². The minimum atomic E-state index is 0.171. The topological polar surface area (TPSA) is 29.1 Å². The van der Waals surface area contributed by atoms with E-state index in [1.54, 1.807) is 0 Å². The Morgan fingerprint density at radius 3 is 1.96 bits per heavy atom. The summed E-state index contributed by atoms with van der Waals surface area (Å²) in [4.78, 5) is 12.6. The van der Waals surface area contributed by atoms with Crippen molar-refractivity contribution in [2.45, 2.75) is 38.5 Å². The molecule has 2 nitrogen and oxygen atoms in total. The van der Waals surface area contributed by atoms with Gasteiger partial charge in [-0.2, -0.15) is 0 Å². The first kappa shape index (κ1) is 16.3. The van der Waals surface area contributed by atoms with Crippen LogP contribution in [0.4, 0.5) is 5.69 Å². The van der Waals surface area contributed by atoms with Crippen LogP contribution in [0.5, 0.6) is 0 Å². The fourth-order valence-electron chi connectivity index (χ4n) is 3.62. The first-order valence-corrected chi connectivity index (χ1v) is 9.00. The van der Waals surface area contributed by atoms with Gasteiger partial charge in [0.25, 0.3) is 0 Å². The number of nitrogens with one attached hydrogen (secondary N) is 1. The first-order valence-electron chi connectivity index (χ1n) is 8.62. The predicted molar refractivity (Wildman–Crippen MR) is 96.5 cm³/mol. The van der Waals surface area contributed by atoms with Gasteiger partial charge in [-0.25, -0.2) is 0 Å². The van der Waals surface area contributed by atoms with Crippen molar-refractivity contribution in [1.29, 1.82) is 0 Å². The number of amides is 1. The Bertz CT molecular complexity index is 566. The molecule has 0 unspecified atom stereocenters. The quantitative estimate of drug-likeness (QED) is 0.702. The van der Waals surface area contributed by atoms with Crippen LogP contribution in [0.3, 0.4) is 0 Å². The number of halogens is 1. The fraction of sp³-hybridized carbons (Fsp3) is 0.450. The average molecular weight is 330 g/mol. The number of anilines is 1. The Morgan fingerprint density at radius 2 is 1.39 bits per heavy atom. The van der Waals surface area contributed by atoms with Crippen molar-refractivity contribution < 1.29 is 4.79 Å². The molecule has 0 aliphatic heterocycles. The van der Waals surface area contributed by atoms with E-state index in [9.17, 15) is 4.79 Å². The van der Waals surface area contributed by atoms with Gasteiger partial charge in [0, 0.05) is 16.6 Å². The Morgan fingerprint density at radius 1 is 0.870 bits per heavy atom. The second-order valence-corrected chi connectivity index (χ2v) is 6.96. The van der Waals surface area contributed by atoms with Gasteiger partial charge in [0.1, 0.15) is 0 Å². The summed E-state index contributed by atoms with van der Waals surface area (Å²) in [6.07, 6.45) is 15.8. The summed E-state index contributed by atoms with van der Waals surface area (Å²) in [5.74, 6) is 1.43. The van der Waals surface area contributed by atoms with Gasteiger partial charge in [-0.15, -0.1) is 0 Å². The lowest BCUT2D eigenvalue weighted by atomic mass is 10.1. The summed E-state index contributed by atoms with van der Waals surface area (Å²) in [5, 5.41) is 3.74. The van der Waals surface area contributed by atoms with E-state index < -0.39 is 0 Å². The van der Waals surface area contributed by atoms with Crippen LogP contribution in [0.15, 0.2) is 48.6 Å². The molecule has 0 spiro atoms. The van der Waals surface area contributed by atoms with Crippen molar-refractivity contribution in [2.75, 3.05) is 5.32 Å². The van der Waals surface area contributed by atoms with Crippen LogP contribution in [-0.4, -0.2) is 5.91 Å². The Hall–Kier alpha value is -1.54. The van der Waals surface area contributed by atoms with Crippen LogP contribution < -0.4 is 5.32 Å². The lowest BCUT2D eigenvalue weighted by molar-refractivity contribution is -0.117. The monoisotopic (exact) mass is 329 g/mol. The fourth-order valence-corrected chi connectivity index (χ4v) is 3.75. The van der Waals surface area contributed by atoms with Gasteiger partial charge < -0.3 is 5.32 Å². The Labute approximate surface area is 143 Å². The van der Waals surface area contributed by atoms with E-state index in [0.717, 1.165) is 44.2 Å². The maximum atomic E-state index is 12.6. The third kappa shape index (κ3) is 4.48. The molecule has 1 aromatic rings. The van der Waals surface area contributed by atoms with Crippen molar-refractivity contribution in [3.63, 3.8) is 0 Å². The standard InChI is InChI=1S/C20H24ClNO/c21-15-11-13-16(14-12-15)22-20(23)19-17-9-7-5-3-1-2-4-6-8-10-18(17)19/h3-6,11-14,17-19H,1-2,7-10H2,(H,22,23)/b5-3-,6-4-/t17-,18-/m0/s1. The van der Waals surface area contributed by atoms with E-state index in [1.807, 2.05) is 24.3 Å². The van der Waals surface area contributed by atoms with Gasteiger partial charge in [0.05, 0.1) is 0 Å². The number of benzene rings is 1. The molecule has 122 valence electrons. The molecule has 3 heteroatoms. The summed E-state index contributed by atoms with van der Waals surface area (Å²) in [6, 6.07) is 7.34. The molecule has 0 radical (unpaired) electrons. The van der Waals surface area contributed by atoms with Gasteiger partial charge in [-0.1, -0.05) is 35.9 Å². The molecule has 0 heterocycles. The molecule has 1 fully saturated rings. The van der Waals surface area contributed by atoms with Crippen LogP contribution in [0.2, 0.25) is 5.02 Å². The molecular weight excluding hydrogens is 306 g/mol. The van der Waals surface area contributed by atoms with Gasteiger partial charge in [-0.05, 0) is 74.6 Å². The molecule has 3 rings (SSSR count). The average Bonchev–Trinajstić information content (AvgIpc) is 3.22. The molecule has 0 saturated heterocycles. The number of hydrogen-bond donors (Lipinski definition) is 1. The van der Waals surface area contributed by atoms with Crippen molar-refractivity contribution in [1.82, 2.24) is 0 Å². The molecule has 2 aliphatic rings. The lowest BCUT2D eigenvalue weighted by Gasteiger charge is -2.05. The molecule has 0 aromatic heterocycles. The highest BCUT2D eigenvalue weighted by Crippen LogP contribution is 2.52. The zero-order valence-corrected chi connectivity index (χ0v) is 14.1. The Kier molecular flexibility index (Phi) is 5.56. The normalized spacial score (nSPS) is 30.2. The molecule has 2 atom stereocenters. The van der Waals surface area contributed by atoms with E-state index in [0.29, 0.717) is 16.9 Å². The zero-order valence-electron chi connectivity index (χ0n) is 13.4. The number of rotatable bonds is 2. The molecule has 0 bridgehead atoms. The van der Waals surface area contributed by atoms with Crippen LogP contribution >= 0.6 is 11.6 Å². The smallest absolute Gasteiger partial charge is 0.228 e. The minimum absolute atomic E-state index is 0.171. The highest BCUT2D eigenvalue weighted by atomic mass is 35.5. The van der Waals surface area contributed by atoms with Crippen molar-refractivity contribution >= 4 is 23.2 Å². The highest BCUT2D eigenvalue weighted by Gasteiger charge is 2.52. The van der Waals surface area contributed by atoms with E-state index in [4.69, 9.17) is 11.6 Å². The number of hydrogen-bond acceptors (Lipinski definition) is 1. The van der Waals surface area contributed by atoms with Crippen molar-refractivity contribution in [3.8, 4) is 0 Å². The van der Waals surface area contributed by atoms with Gasteiger partial charge in [0.2, 0.25) is 5.91 Å². The molecule has 1 saturated carbocycles. The third-order valence-corrected chi connectivity index (χ3v) is 5.16. The predicted octanol–water partition coefficient (Wildman–Crippen LogP) is 5.61. The number of carbonyl (C=O) groups excluding carboxylic acids is 1. The zero-order chi connectivity index (χ0) is 16.1. The van der Waals surface area contributed by atoms with Gasteiger partial charge in [0.15, 0.2) is 0 Å². The van der Waals surface area contributed by atoms with Crippen LogP contribution in [-0.2, 0) is 4.79 Å². The summed E-state index contributed by atoms with van der Waals surface area (Å²) in [5.41, 5.74) is 0.835. The van der Waals surface area contributed by atoms with Crippen LogP contribution in [0, 0.1) is 17.8 Å². The molecule has 1 aromatic carbocycles. The third-order valence-electron chi connectivity index (χ3n) is 4.91. The van der Waals surface area contributed by atoms with Gasteiger partial charge >= 0.3 is 0 Å². The molecule has 1 N–H and O–H groups in total. The summed E-state index contributed by atoms with van der Waals surface area (Å²) in [7, 11) is 0. The summed E-state index contributed by atoms with van der Waals surface area (Å²) in [6.45, 7) is 0. The van der Waals surface area contributed by atoms with Crippen LogP contribution in [0.25, 0.3) is 0 Å². The highest BCUT2D eigenvalue weighted by molar-refractivity contribution is 6.30.